The second-order valence-electron chi connectivity index (χ2n) is 4.68. The van der Waals surface area contributed by atoms with Gasteiger partial charge in [-0.2, -0.15) is 0 Å². The molecule has 0 aromatic heterocycles. The Morgan fingerprint density at radius 1 is 1.45 bits per heavy atom. The number of hydrogen-bond acceptors (Lipinski definition) is 4. The number of carbonyl (C=O) groups is 2. The van der Waals surface area contributed by atoms with Crippen LogP contribution in [0.4, 0.5) is 0 Å². The lowest BCUT2D eigenvalue weighted by atomic mass is 10.2. The van der Waals surface area contributed by atoms with Gasteiger partial charge in [-0.1, -0.05) is 0 Å². The SMILES string of the molecule is CC1C(=O)NCCN1CCOc1ccc(C(=O)O)cc1. The summed E-state index contributed by atoms with van der Waals surface area (Å²) < 4.78 is 5.56. The van der Waals surface area contributed by atoms with Gasteiger partial charge in [-0.05, 0) is 31.2 Å². The fourth-order valence-corrected chi connectivity index (χ4v) is 2.11. The maximum Gasteiger partial charge on any atom is 0.335 e. The van der Waals surface area contributed by atoms with E-state index in [1.54, 1.807) is 12.1 Å². The predicted molar refractivity (Wildman–Crippen MR) is 72.9 cm³/mol. The fourth-order valence-electron chi connectivity index (χ4n) is 2.11. The van der Waals surface area contributed by atoms with Crippen LogP contribution in [-0.4, -0.2) is 54.2 Å². The van der Waals surface area contributed by atoms with Crippen molar-refractivity contribution in [1.82, 2.24) is 10.2 Å². The van der Waals surface area contributed by atoms with E-state index in [1.165, 1.54) is 12.1 Å². The molecule has 0 radical (unpaired) electrons. The minimum atomic E-state index is -0.954. The Hall–Kier alpha value is -2.08. The highest BCUT2D eigenvalue weighted by Gasteiger charge is 2.24. The number of aromatic carboxylic acids is 1. The summed E-state index contributed by atoms with van der Waals surface area (Å²) in [5.41, 5.74) is 0.235. The van der Waals surface area contributed by atoms with Gasteiger partial charge in [0.1, 0.15) is 12.4 Å². The number of carboxylic acid groups (broad SMARTS) is 1. The second-order valence-corrected chi connectivity index (χ2v) is 4.68. The summed E-state index contributed by atoms with van der Waals surface area (Å²) in [5.74, 6) is -0.282. The van der Waals surface area contributed by atoms with Gasteiger partial charge >= 0.3 is 5.97 Å². The van der Waals surface area contributed by atoms with E-state index in [0.717, 1.165) is 6.54 Å². The Balaban J connectivity index is 1.80. The van der Waals surface area contributed by atoms with Crippen molar-refractivity contribution in [3.05, 3.63) is 29.8 Å². The Bertz CT molecular complexity index is 486. The number of piperazine rings is 1. The summed E-state index contributed by atoms with van der Waals surface area (Å²) in [6.45, 7) is 4.47. The van der Waals surface area contributed by atoms with Gasteiger partial charge in [0.05, 0.1) is 11.6 Å². The van der Waals surface area contributed by atoms with Crippen molar-refractivity contribution >= 4 is 11.9 Å². The first kappa shape index (κ1) is 14.3. The lowest BCUT2D eigenvalue weighted by Gasteiger charge is -2.32. The first-order chi connectivity index (χ1) is 9.58. The summed E-state index contributed by atoms with van der Waals surface area (Å²) in [5, 5.41) is 11.6. The quantitative estimate of drug-likeness (QED) is 0.824. The van der Waals surface area contributed by atoms with E-state index in [4.69, 9.17) is 9.84 Å². The van der Waals surface area contributed by atoms with Crippen molar-refractivity contribution in [2.75, 3.05) is 26.2 Å². The number of nitrogens with zero attached hydrogens (tertiary/aromatic N) is 1. The Labute approximate surface area is 117 Å². The summed E-state index contributed by atoms with van der Waals surface area (Å²) in [6.07, 6.45) is 0. The molecule has 0 saturated carbocycles. The highest BCUT2D eigenvalue weighted by Crippen LogP contribution is 2.12. The number of carboxylic acids is 1. The largest absolute Gasteiger partial charge is 0.492 e. The lowest BCUT2D eigenvalue weighted by Crippen LogP contribution is -2.54. The van der Waals surface area contributed by atoms with Crippen LogP contribution in [0.25, 0.3) is 0 Å². The molecule has 2 rings (SSSR count). The first-order valence-electron chi connectivity index (χ1n) is 6.56. The maximum absolute atomic E-state index is 11.5. The van der Waals surface area contributed by atoms with Gasteiger partial charge in [-0.3, -0.25) is 9.69 Å². The van der Waals surface area contributed by atoms with Gasteiger partial charge in [-0.25, -0.2) is 4.79 Å². The highest BCUT2D eigenvalue weighted by molar-refractivity contribution is 5.87. The van der Waals surface area contributed by atoms with Crippen LogP contribution in [-0.2, 0) is 4.79 Å². The number of hydrogen-bond donors (Lipinski definition) is 2. The van der Waals surface area contributed by atoms with Crippen LogP contribution in [0.1, 0.15) is 17.3 Å². The van der Waals surface area contributed by atoms with Gasteiger partial charge < -0.3 is 15.2 Å². The number of benzene rings is 1. The molecule has 1 aromatic carbocycles. The lowest BCUT2D eigenvalue weighted by molar-refractivity contribution is -0.128. The normalized spacial score (nSPS) is 19.4. The summed E-state index contributed by atoms with van der Waals surface area (Å²) in [4.78, 5) is 24.3. The smallest absolute Gasteiger partial charge is 0.335 e. The molecule has 0 spiro atoms. The molecular weight excluding hydrogens is 260 g/mol. The molecule has 1 atom stereocenters. The minimum absolute atomic E-state index is 0.0436. The number of rotatable bonds is 5. The highest BCUT2D eigenvalue weighted by atomic mass is 16.5. The maximum atomic E-state index is 11.5. The van der Waals surface area contributed by atoms with E-state index in [0.29, 0.717) is 25.4 Å². The third-order valence-electron chi connectivity index (χ3n) is 3.37. The first-order valence-corrected chi connectivity index (χ1v) is 6.56. The van der Waals surface area contributed by atoms with Crippen molar-refractivity contribution in [2.24, 2.45) is 0 Å². The van der Waals surface area contributed by atoms with Crippen LogP contribution in [0.2, 0.25) is 0 Å². The summed E-state index contributed by atoms with van der Waals surface area (Å²) in [7, 11) is 0. The van der Waals surface area contributed by atoms with Crippen molar-refractivity contribution in [3.8, 4) is 5.75 Å². The van der Waals surface area contributed by atoms with Gasteiger partial charge in [0.2, 0.25) is 5.91 Å². The Morgan fingerprint density at radius 2 is 2.15 bits per heavy atom. The van der Waals surface area contributed by atoms with Crippen LogP contribution >= 0.6 is 0 Å². The van der Waals surface area contributed by atoms with Gasteiger partial charge in [0, 0.05) is 19.6 Å². The molecule has 1 aliphatic rings. The van der Waals surface area contributed by atoms with Crippen LogP contribution in [0, 0.1) is 0 Å². The van der Waals surface area contributed by atoms with E-state index >= 15 is 0 Å². The Kier molecular flexibility index (Phi) is 4.57. The third kappa shape index (κ3) is 3.48. The molecule has 1 aliphatic heterocycles. The van der Waals surface area contributed by atoms with Crippen LogP contribution < -0.4 is 10.1 Å². The van der Waals surface area contributed by atoms with Crippen LogP contribution in [0.5, 0.6) is 5.75 Å². The van der Waals surface area contributed by atoms with Crippen molar-refractivity contribution in [2.45, 2.75) is 13.0 Å². The van der Waals surface area contributed by atoms with E-state index in [1.807, 2.05) is 6.92 Å². The zero-order valence-electron chi connectivity index (χ0n) is 11.3. The molecular formula is C14H18N2O4. The molecule has 0 aliphatic carbocycles. The average molecular weight is 278 g/mol. The van der Waals surface area contributed by atoms with Crippen molar-refractivity contribution in [1.29, 1.82) is 0 Å². The average Bonchev–Trinajstić information content (AvgIpc) is 2.44. The summed E-state index contributed by atoms with van der Waals surface area (Å²) in [6, 6.07) is 6.15. The monoisotopic (exact) mass is 278 g/mol. The number of ether oxygens (including phenoxy) is 1. The topological polar surface area (TPSA) is 78.9 Å². The molecule has 2 N–H and O–H groups in total. The molecule has 1 fully saturated rings. The van der Waals surface area contributed by atoms with Crippen LogP contribution in [0.3, 0.4) is 0 Å². The van der Waals surface area contributed by atoms with Gasteiger partial charge in [-0.15, -0.1) is 0 Å². The zero-order chi connectivity index (χ0) is 14.5. The third-order valence-corrected chi connectivity index (χ3v) is 3.37. The fraction of sp³-hybridized carbons (Fsp3) is 0.429. The van der Waals surface area contributed by atoms with Crippen LogP contribution in [0.15, 0.2) is 24.3 Å². The van der Waals surface area contributed by atoms with E-state index in [2.05, 4.69) is 10.2 Å². The Morgan fingerprint density at radius 3 is 2.80 bits per heavy atom. The number of nitrogens with one attached hydrogen (secondary N) is 1. The van der Waals surface area contributed by atoms with Crippen molar-refractivity contribution in [3.63, 3.8) is 0 Å². The van der Waals surface area contributed by atoms with Gasteiger partial charge in [0.15, 0.2) is 0 Å². The molecule has 6 heteroatoms. The molecule has 20 heavy (non-hydrogen) atoms. The summed E-state index contributed by atoms with van der Waals surface area (Å²) >= 11 is 0. The van der Waals surface area contributed by atoms with E-state index in [-0.39, 0.29) is 17.5 Å². The van der Waals surface area contributed by atoms with Gasteiger partial charge in [0.25, 0.3) is 0 Å². The minimum Gasteiger partial charge on any atom is -0.492 e. The molecule has 0 bridgehead atoms. The number of amides is 1. The molecule has 1 heterocycles. The van der Waals surface area contributed by atoms with Crippen molar-refractivity contribution < 1.29 is 19.4 Å². The number of carbonyl (C=O) groups excluding carboxylic acids is 1. The predicted octanol–water partition coefficient (Wildman–Crippen LogP) is 0.584. The molecule has 6 nitrogen and oxygen atoms in total. The molecule has 1 unspecified atom stereocenters. The molecule has 108 valence electrons. The van der Waals surface area contributed by atoms with E-state index < -0.39 is 5.97 Å². The molecule has 1 aromatic rings. The standard InChI is InChI=1S/C14H18N2O4/c1-10-13(17)15-6-7-16(10)8-9-20-12-4-2-11(3-5-12)14(18)19/h2-5,10H,6-9H2,1H3,(H,15,17)(H,18,19). The zero-order valence-corrected chi connectivity index (χ0v) is 11.3. The molecule has 1 amide bonds. The second kappa shape index (κ2) is 6.38. The van der Waals surface area contributed by atoms with E-state index in [9.17, 15) is 9.59 Å². The molecule has 1 saturated heterocycles.